The number of aliphatic carboxylic acids is 1. The second kappa shape index (κ2) is 13.0. The Morgan fingerprint density at radius 3 is 2.84 bits per heavy atom. The summed E-state index contributed by atoms with van der Waals surface area (Å²) < 4.78 is 18.7. The smallest absolute Gasteiger partial charge is 0.303 e. The van der Waals surface area contributed by atoms with Crippen LogP contribution in [0.1, 0.15) is 55.8 Å². The summed E-state index contributed by atoms with van der Waals surface area (Å²) in [5, 5.41) is 21.5. The van der Waals surface area contributed by atoms with Gasteiger partial charge in [0, 0.05) is 24.5 Å². The lowest BCUT2D eigenvalue weighted by molar-refractivity contribution is -0.139. The second-order valence-electron chi connectivity index (χ2n) is 10.2. The number of carboxylic acids is 1. The Bertz CT molecular complexity index is 1190. The van der Waals surface area contributed by atoms with Crippen LogP contribution in [0.3, 0.4) is 0 Å². The number of hydrogen-bond acceptors (Lipinski definition) is 5. The van der Waals surface area contributed by atoms with Crippen LogP contribution in [0.2, 0.25) is 0 Å². The van der Waals surface area contributed by atoms with Crippen molar-refractivity contribution in [2.45, 2.75) is 51.0 Å². The van der Waals surface area contributed by atoms with Gasteiger partial charge in [0.05, 0.1) is 18.7 Å². The van der Waals surface area contributed by atoms with Crippen LogP contribution in [0.5, 0.6) is 5.75 Å². The van der Waals surface area contributed by atoms with Crippen LogP contribution in [-0.4, -0.2) is 52.8 Å². The number of halogens is 1. The summed E-state index contributed by atoms with van der Waals surface area (Å²) in [5.74, 6) is 0.0837. The molecule has 3 aromatic rings. The molecule has 0 radical (unpaired) electrons. The maximum atomic E-state index is 13.4. The van der Waals surface area contributed by atoms with E-state index in [4.69, 9.17) is 4.74 Å². The molecule has 2 N–H and O–H groups in total. The highest BCUT2D eigenvalue weighted by Gasteiger charge is 2.31. The van der Waals surface area contributed by atoms with Gasteiger partial charge in [0.25, 0.3) is 0 Å². The molecule has 37 heavy (non-hydrogen) atoms. The molecule has 1 fully saturated rings. The van der Waals surface area contributed by atoms with Gasteiger partial charge in [0.15, 0.2) is 0 Å². The molecule has 7 heteroatoms. The Kier molecular flexibility index (Phi) is 9.47. The molecule has 1 aliphatic rings. The molecule has 0 aliphatic carbocycles. The SMILES string of the molecule is COc1ccc2nccc([C@@H](O)CC[C@@H]3CCN(CCCCc4cccc(F)c4)C[C@@H]3CC(=O)O)c2c1. The minimum atomic E-state index is -0.768. The third-order valence-electron chi connectivity index (χ3n) is 7.64. The van der Waals surface area contributed by atoms with Crippen molar-refractivity contribution in [2.75, 3.05) is 26.7 Å². The summed E-state index contributed by atoms with van der Waals surface area (Å²) in [6, 6.07) is 14.3. The molecule has 6 nitrogen and oxygen atoms in total. The van der Waals surface area contributed by atoms with Crippen LogP contribution in [0.4, 0.5) is 4.39 Å². The Morgan fingerprint density at radius 1 is 1.19 bits per heavy atom. The summed E-state index contributed by atoms with van der Waals surface area (Å²) in [7, 11) is 1.62. The molecule has 1 aromatic heterocycles. The number of benzene rings is 2. The first-order chi connectivity index (χ1) is 17.9. The predicted octanol–water partition coefficient (Wildman–Crippen LogP) is 5.63. The number of aromatic nitrogens is 1. The van der Waals surface area contributed by atoms with Gasteiger partial charge in [-0.05, 0) is 111 Å². The van der Waals surface area contributed by atoms with Crippen molar-refractivity contribution in [3.05, 3.63) is 71.7 Å². The Morgan fingerprint density at radius 2 is 2.05 bits per heavy atom. The number of aryl methyl sites for hydroxylation is 1. The fraction of sp³-hybridized carbons (Fsp3) is 0.467. The zero-order valence-corrected chi connectivity index (χ0v) is 21.5. The van der Waals surface area contributed by atoms with Crippen LogP contribution >= 0.6 is 0 Å². The highest BCUT2D eigenvalue weighted by Crippen LogP contribution is 2.35. The van der Waals surface area contributed by atoms with Crippen LogP contribution in [-0.2, 0) is 11.2 Å². The summed E-state index contributed by atoms with van der Waals surface area (Å²) in [5.41, 5.74) is 2.66. The van der Waals surface area contributed by atoms with Crippen molar-refractivity contribution < 1.29 is 24.1 Å². The summed E-state index contributed by atoms with van der Waals surface area (Å²) in [6.45, 7) is 2.63. The first-order valence-corrected chi connectivity index (χ1v) is 13.2. The average Bonchev–Trinajstić information content (AvgIpc) is 2.89. The number of pyridine rings is 1. The van der Waals surface area contributed by atoms with E-state index in [-0.39, 0.29) is 24.1 Å². The lowest BCUT2D eigenvalue weighted by atomic mass is 9.79. The fourth-order valence-electron chi connectivity index (χ4n) is 5.64. The van der Waals surface area contributed by atoms with Gasteiger partial charge in [-0.3, -0.25) is 9.78 Å². The molecule has 4 rings (SSSR count). The van der Waals surface area contributed by atoms with Gasteiger partial charge in [0.1, 0.15) is 11.6 Å². The number of nitrogens with zero attached hydrogens (tertiary/aromatic N) is 2. The van der Waals surface area contributed by atoms with Gasteiger partial charge >= 0.3 is 5.97 Å². The van der Waals surface area contributed by atoms with Gasteiger partial charge in [-0.1, -0.05) is 12.1 Å². The van der Waals surface area contributed by atoms with Gasteiger partial charge in [0.2, 0.25) is 0 Å². The molecule has 3 atom stereocenters. The van der Waals surface area contributed by atoms with Crippen molar-refractivity contribution in [1.82, 2.24) is 9.88 Å². The lowest BCUT2D eigenvalue weighted by Gasteiger charge is -2.38. The summed E-state index contributed by atoms with van der Waals surface area (Å²) in [4.78, 5) is 18.4. The molecule has 1 aliphatic heterocycles. The summed E-state index contributed by atoms with van der Waals surface area (Å²) >= 11 is 0. The van der Waals surface area contributed by atoms with Crippen molar-refractivity contribution in [3.8, 4) is 5.75 Å². The zero-order chi connectivity index (χ0) is 26.2. The van der Waals surface area contributed by atoms with Crippen molar-refractivity contribution in [3.63, 3.8) is 0 Å². The monoisotopic (exact) mass is 508 g/mol. The average molecular weight is 509 g/mol. The number of rotatable bonds is 12. The third kappa shape index (κ3) is 7.49. The van der Waals surface area contributed by atoms with Gasteiger partial charge < -0.3 is 19.8 Å². The number of aliphatic hydroxyl groups is 1. The van der Waals surface area contributed by atoms with E-state index in [1.807, 2.05) is 30.3 Å². The highest BCUT2D eigenvalue weighted by molar-refractivity contribution is 5.83. The molecule has 0 amide bonds. The maximum Gasteiger partial charge on any atom is 0.303 e. The molecule has 1 saturated heterocycles. The third-order valence-corrected chi connectivity index (χ3v) is 7.64. The van der Waals surface area contributed by atoms with E-state index in [9.17, 15) is 19.4 Å². The van der Waals surface area contributed by atoms with Crippen LogP contribution in [0.15, 0.2) is 54.7 Å². The predicted molar refractivity (Wildman–Crippen MR) is 142 cm³/mol. The number of ether oxygens (including phenoxy) is 1. The standard InChI is InChI=1S/C30H37FN2O4/c1-37-25-9-10-28-27(19-25)26(12-14-32-28)29(34)11-8-22-13-16-33(20-23(22)18-30(35)36)15-3-2-5-21-6-4-7-24(31)17-21/h4,6-7,9-10,12,14,17,19,22-23,29,34H,2-3,5,8,11,13,15-16,18,20H2,1H3,(H,35,36)/t22-,23+,29+/m1/s1. The Balaban J connectivity index is 1.31. The van der Waals surface area contributed by atoms with Gasteiger partial charge in [-0.2, -0.15) is 0 Å². The largest absolute Gasteiger partial charge is 0.497 e. The number of hydrogen-bond donors (Lipinski definition) is 2. The molecular weight excluding hydrogens is 471 g/mol. The van der Waals surface area contributed by atoms with Crippen LogP contribution < -0.4 is 4.74 Å². The number of aliphatic hydroxyl groups excluding tert-OH is 1. The molecule has 0 spiro atoms. The van der Waals surface area contributed by atoms with Crippen molar-refractivity contribution in [2.24, 2.45) is 11.8 Å². The number of methoxy groups -OCH3 is 1. The second-order valence-corrected chi connectivity index (χ2v) is 10.2. The number of piperidine rings is 1. The van der Waals surface area contributed by atoms with E-state index in [0.717, 1.165) is 79.5 Å². The van der Waals surface area contributed by atoms with E-state index < -0.39 is 12.1 Å². The fourth-order valence-corrected chi connectivity index (χ4v) is 5.64. The van der Waals surface area contributed by atoms with Gasteiger partial charge in [-0.25, -0.2) is 4.39 Å². The van der Waals surface area contributed by atoms with E-state index in [1.54, 1.807) is 25.4 Å². The molecule has 2 heterocycles. The molecule has 198 valence electrons. The minimum Gasteiger partial charge on any atom is -0.497 e. The number of unbranched alkanes of at least 4 members (excludes halogenated alkanes) is 1. The van der Waals surface area contributed by atoms with Crippen LogP contribution in [0, 0.1) is 17.7 Å². The number of carbonyl (C=O) groups is 1. The van der Waals surface area contributed by atoms with E-state index in [1.165, 1.54) is 6.07 Å². The normalized spacial score (nSPS) is 19.1. The number of likely N-dealkylation sites (tertiary alicyclic amines) is 1. The van der Waals surface area contributed by atoms with Crippen molar-refractivity contribution in [1.29, 1.82) is 0 Å². The Hall–Kier alpha value is -3.03. The maximum absolute atomic E-state index is 13.4. The Labute approximate surface area is 218 Å². The summed E-state index contributed by atoms with van der Waals surface area (Å²) in [6.07, 6.45) is 6.32. The van der Waals surface area contributed by atoms with E-state index in [0.29, 0.717) is 6.42 Å². The van der Waals surface area contributed by atoms with Crippen molar-refractivity contribution >= 4 is 16.9 Å². The minimum absolute atomic E-state index is 0.0657. The quantitative estimate of drug-likeness (QED) is 0.309. The van der Waals surface area contributed by atoms with E-state index >= 15 is 0 Å². The molecule has 2 aromatic carbocycles. The first kappa shape index (κ1) is 27.0. The topological polar surface area (TPSA) is 82.9 Å². The van der Waals surface area contributed by atoms with Gasteiger partial charge in [-0.15, -0.1) is 0 Å². The number of fused-ring (bicyclic) bond motifs is 1. The van der Waals surface area contributed by atoms with Crippen LogP contribution in [0.25, 0.3) is 10.9 Å². The molecule has 0 saturated carbocycles. The molecule has 0 bridgehead atoms. The van der Waals surface area contributed by atoms with E-state index in [2.05, 4.69) is 9.88 Å². The molecule has 0 unspecified atom stereocenters. The first-order valence-electron chi connectivity index (χ1n) is 13.2. The lowest BCUT2D eigenvalue weighted by Crippen LogP contribution is -2.41. The molecular formula is C30H37FN2O4. The number of carboxylic acid groups (broad SMARTS) is 1. The highest BCUT2D eigenvalue weighted by atomic mass is 19.1. The zero-order valence-electron chi connectivity index (χ0n) is 21.5.